The van der Waals surface area contributed by atoms with Gasteiger partial charge in [0, 0.05) is 0 Å². The van der Waals surface area contributed by atoms with Crippen LogP contribution in [0.3, 0.4) is 0 Å². The van der Waals surface area contributed by atoms with Gasteiger partial charge in [-0.3, -0.25) is 9.79 Å². The molecule has 2 N–H and O–H groups in total. The number of benzene rings is 1. The predicted molar refractivity (Wildman–Crippen MR) is 102 cm³/mol. The number of aromatic amines is 1. The van der Waals surface area contributed by atoms with Gasteiger partial charge in [-0.25, -0.2) is 4.98 Å². The lowest BCUT2D eigenvalue weighted by Gasteiger charge is -2.23. The van der Waals surface area contributed by atoms with E-state index in [9.17, 15) is 4.79 Å². The van der Waals surface area contributed by atoms with Crippen molar-refractivity contribution in [2.45, 2.75) is 50.4 Å². The number of amidine groups is 1. The van der Waals surface area contributed by atoms with Gasteiger partial charge in [-0.2, -0.15) is 0 Å². The number of rotatable bonds is 2. The topological polar surface area (TPSA) is 70.1 Å². The van der Waals surface area contributed by atoms with E-state index >= 15 is 0 Å². The average Bonchev–Trinajstić information content (AvgIpc) is 2.97. The summed E-state index contributed by atoms with van der Waals surface area (Å²) < 4.78 is 0. The largest absolute Gasteiger partial charge is 0.360 e. The molecule has 0 spiro atoms. The Morgan fingerprint density at radius 2 is 2.12 bits per heavy atom. The maximum absolute atomic E-state index is 12.2. The zero-order chi connectivity index (χ0) is 15.8. The van der Waals surface area contributed by atoms with E-state index in [4.69, 9.17) is 4.99 Å². The van der Waals surface area contributed by atoms with Crippen LogP contribution in [0.5, 0.6) is 0 Å². The highest BCUT2D eigenvalue weighted by molar-refractivity contribution is 8.13. The molecule has 5 nitrogen and oxygen atoms in total. The second kappa shape index (κ2) is 7.15. The van der Waals surface area contributed by atoms with Crippen LogP contribution in [0.15, 0.2) is 28.0 Å². The molecule has 0 bridgehead atoms. The van der Waals surface area contributed by atoms with Crippen LogP contribution in [0.25, 0.3) is 10.9 Å². The first-order valence-corrected chi connectivity index (χ1v) is 9.15. The summed E-state index contributed by atoms with van der Waals surface area (Å²) in [4.78, 5) is 24.5. The van der Waals surface area contributed by atoms with Gasteiger partial charge >= 0.3 is 0 Å². The zero-order valence-electron chi connectivity index (χ0n) is 13.5. The Labute approximate surface area is 151 Å². The fourth-order valence-corrected chi connectivity index (χ4v) is 4.27. The number of thioether (sulfide) groups is 1. The molecule has 0 amide bonds. The van der Waals surface area contributed by atoms with Crippen molar-refractivity contribution < 1.29 is 0 Å². The normalized spacial score (nSPS) is 22.5. The van der Waals surface area contributed by atoms with Crippen LogP contribution in [0.1, 0.15) is 37.1 Å². The molecular weight excluding hydrogens is 344 g/mol. The summed E-state index contributed by atoms with van der Waals surface area (Å²) in [5, 5.41) is 5.17. The zero-order valence-corrected chi connectivity index (χ0v) is 15.2. The van der Waals surface area contributed by atoms with E-state index in [1.165, 1.54) is 25.7 Å². The van der Waals surface area contributed by atoms with Crippen molar-refractivity contribution in [2.24, 2.45) is 4.99 Å². The van der Waals surface area contributed by atoms with Gasteiger partial charge in [0.1, 0.15) is 5.82 Å². The third-order valence-corrected chi connectivity index (χ3v) is 5.57. The van der Waals surface area contributed by atoms with E-state index in [0.29, 0.717) is 29.0 Å². The number of aliphatic imine (C=N–C) groups is 1. The first kappa shape index (κ1) is 17.3. The third kappa shape index (κ3) is 3.30. The summed E-state index contributed by atoms with van der Waals surface area (Å²) in [6.45, 7) is 1.99. The monoisotopic (exact) mass is 364 g/mol. The van der Waals surface area contributed by atoms with Crippen molar-refractivity contribution in [2.75, 3.05) is 0 Å². The van der Waals surface area contributed by atoms with Gasteiger partial charge in [-0.1, -0.05) is 36.7 Å². The summed E-state index contributed by atoms with van der Waals surface area (Å²) in [5.41, 5.74) is 1.76. The molecule has 128 valence electrons. The van der Waals surface area contributed by atoms with Gasteiger partial charge in [-0.05, 0) is 31.4 Å². The minimum Gasteiger partial charge on any atom is -0.360 e. The first-order chi connectivity index (χ1) is 11.2. The van der Waals surface area contributed by atoms with Crippen LogP contribution < -0.4 is 10.9 Å². The van der Waals surface area contributed by atoms with E-state index in [0.717, 1.165) is 16.2 Å². The molecule has 7 heteroatoms. The summed E-state index contributed by atoms with van der Waals surface area (Å²) >= 11 is 1.63. The van der Waals surface area contributed by atoms with Crippen LogP contribution in [0.2, 0.25) is 0 Å². The first-order valence-electron chi connectivity index (χ1n) is 8.16. The Kier molecular flexibility index (Phi) is 5.15. The molecule has 24 heavy (non-hydrogen) atoms. The van der Waals surface area contributed by atoms with Gasteiger partial charge < -0.3 is 10.3 Å². The SMILES string of the molecule is Cc1cccc2c(=O)[nH]c(CSC3=NC4CCCCC4N3)nc12.Cl. The molecule has 1 aliphatic heterocycles. The van der Waals surface area contributed by atoms with Crippen LogP contribution in [0.4, 0.5) is 0 Å². The maximum Gasteiger partial charge on any atom is 0.258 e. The van der Waals surface area contributed by atoms with Crippen molar-refractivity contribution in [3.63, 3.8) is 0 Å². The number of hydrogen-bond donors (Lipinski definition) is 2. The molecule has 2 atom stereocenters. The van der Waals surface area contributed by atoms with Gasteiger partial charge in [0.05, 0.1) is 28.7 Å². The van der Waals surface area contributed by atoms with Gasteiger partial charge in [-0.15, -0.1) is 12.4 Å². The number of para-hydroxylation sites is 1. The molecule has 2 aliphatic rings. The lowest BCUT2D eigenvalue weighted by atomic mass is 9.92. The van der Waals surface area contributed by atoms with E-state index in [-0.39, 0.29) is 18.0 Å². The standard InChI is InChI=1S/C17H20N4OS.ClH/c1-10-5-4-6-11-15(10)20-14(21-16(11)22)9-23-17-18-12-7-2-3-8-13(12)19-17;/h4-6,12-13H,2-3,7-9H2,1H3,(H,18,19)(H,20,21,22);1H. The molecule has 1 saturated carbocycles. The van der Waals surface area contributed by atoms with Crippen LogP contribution in [0, 0.1) is 6.92 Å². The van der Waals surface area contributed by atoms with Crippen molar-refractivity contribution >= 4 is 40.2 Å². The van der Waals surface area contributed by atoms with Gasteiger partial charge in [0.2, 0.25) is 0 Å². The lowest BCUT2D eigenvalue weighted by Crippen LogP contribution is -2.36. The molecule has 1 aromatic heterocycles. The molecule has 1 fully saturated rings. The smallest absolute Gasteiger partial charge is 0.258 e. The van der Waals surface area contributed by atoms with Gasteiger partial charge in [0.25, 0.3) is 5.56 Å². The number of aryl methyl sites for hydroxylation is 1. The summed E-state index contributed by atoms with van der Waals surface area (Å²) in [7, 11) is 0. The summed E-state index contributed by atoms with van der Waals surface area (Å²) in [5.74, 6) is 1.34. The Morgan fingerprint density at radius 1 is 1.29 bits per heavy atom. The number of nitrogens with zero attached hydrogens (tertiary/aromatic N) is 2. The minimum absolute atomic E-state index is 0. The number of fused-ring (bicyclic) bond motifs is 2. The van der Waals surface area contributed by atoms with E-state index in [1.807, 2.05) is 25.1 Å². The van der Waals surface area contributed by atoms with E-state index in [1.54, 1.807) is 11.8 Å². The summed E-state index contributed by atoms with van der Waals surface area (Å²) in [6, 6.07) is 6.65. The van der Waals surface area contributed by atoms with Crippen molar-refractivity contribution in [3.8, 4) is 0 Å². The van der Waals surface area contributed by atoms with Crippen LogP contribution in [-0.4, -0.2) is 27.2 Å². The number of halogens is 1. The molecule has 1 aromatic carbocycles. The Morgan fingerprint density at radius 3 is 2.96 bits per heavy atom. The van der Waals surface area contributed by atoms with Crippen LogP contribution in [-0.2, 0) is 5.75 Å². The number of aromatic nitrogens is 2. The third-order valence-electron chi connectivity index (χ3n) is 4.65. The highest BCUT2D eigenvalue weighted by Gasteiger charge is 2.30. The number of nitrogens with one attached hydrogen (secondary N) is 2. The quantitative estimate of drug-likeness (QED) is 0.858. The van der Waals surface area contributed by atoms with E-state index < -0.39 is 0 Å². The second-order valence-electron chi connectivity index (χ2n) is 6.31. The molecule has 0 radical (unpaired) electrons. The molecular formula is C17H21ClN4OS. The lowest BCUT2D eigenvalue weighted by molar-refractivity contribution is 0.385. The molecule has 1 aliphatic carbocycles. The Bertz CT molecular complexity index is 835. The average molecular weight is 365 g/mol. The molecule has 2 aromatic rings. The molecule has 2 heterocycles. The predicted octanol–water partition coefficient (Wildman–Crippen LogP) is 3.16. The van der Waals surface area contributed by atoms with E-state index in [2.05, 4.69) is 15.3 Å². The number of H-pyrrole nitrogens is 1. The fraction of sp³-hybridized carbons (Fsp3) is 0.471. The second-order valence-corrected chi connectivity index (χ2v) is 7.27. The molecule has 0 saturated heterocycles. The van der Waals surface area contributed by atoms with Crippen LogP contribution >= 0.6 is 24.2 Å². The molecule has 4 rings (SSSR count). The fourth-order valence-electron chi connectivity index (χ4n) is 3.42. The van der Waals surface area contributed by atoms with Crippen molar-refractivity contribution in [1.82, 2.24) is 15.3 Å². The highest BCUT2D eigenvalue weighted by Crippen LogP contribution is 2.27. The Hall–Kier alpha value is -1.53. The highest BCUT2D eigenvalue weighted by atomic mass is 35.5. The number of hydrogen-bond acceptors (Lipinski definition) is 5. The van der Waals surface area contributed by atoms with Gasteiger partial charge in [0.15, 0.2) is 5.17 Å². The molecule has 2 unspecified atom stereocenters. The maximum atomic E-state index is 12.2. The Balaban J connectivity index is 0.00000169. The minimum atomic E-state index is -0.0655. The van der Waals surface area contributed by atoms with Crippen molar-refractivity contribution in [1.29, 1.82) is 0 Å². The summed E-state index contributed by atoms with van der Waals surface area (Å²) in [6.07, 6.45) is 4.97. The van der Waals surface area contributed by atoms with Crippen molar-refractivity contribution in [3.05, 3.63) is 39.9 Å².